The van der Waals surface area contributed by atoms with Crippen molar-refractivity contribution in [3.63, 3.8) is 0 Å². The zero-order chi connectivity index (χ0) is 15.2. The van der Waals surface area contributed by atoms with Gasteiger partial charge in [-0.2, -0.15) is 19.0 Å². The van der Waals surface area contributed by atoms with Crippen LogP contribution in [0, 0.1) is 11.5 Å². The van der Waals surface area contributed by atoms with Gasteiger partial charge in [0.05, 0.1) is 6.54 Å². The molecular weight excluding hydrogens is 302 g/mol. The smallest absolute Gasteiger partial charge is 0.387 e. The van der Waals surface area contributed by atoms with Gasteiger partial charge in [-0.25, -0.2) is 4.98 Å². The van der Waals surface area contributed by atoms with Crippen molar-refractivity contribution in [3.05, 3.63) is 52.9 Å². The van der Waals surface area contributed by atoms with Crippen molar-refractivity contribution in [2.75, 3.05) is 0 Å². The third-order valence-electron chi connectivity index (χ3n) is 2.52. The van der Waals surface area contributed by atoms with Gasteiger partial charge >= 0.3 is 6.61 Å². The highest BCUT2D eigenvalue weighted by Crippen LogP contribution is 2.10. The Labute approximate surface area is 123 Å². The van der Waals surface area contributed by atoms with Gasteiger partial charge in [-0.15, -0.1) is 0 Å². The van der Waals surface area contributed by atoms with E-state index in [1.54, 1.807) is 30.7 Å². The highest BCUT2D eigenvalue weighted by molar-refractivity contribution is 6.29. The molecule has 8 heteroatoms. The average Bonchev–Trinajstić information content (AvgIpc) is 2.44. The van der Waals surface area contributed by atoms with E-state index in [0.29, 0.717) is 5.15 Å². The average molecular weight is 311 g/mol. The third-order valence-corrected chi connectivity index (χ3v) is 2.74. The van der Waals surface area contributed by atoms with Gasteiger partial charge in [0, 0.05) is 12.4 Å². The Hall–Kier alpha value is -2.46. The zero-order valence-electron chi connectivity index (χ0n) is 10.6. The number of rotatable bonds is 4. The zero-order valence-corrected chi connectivity index (χ0v) is 11.3. The standard InChI is InChI=1S/C13H9ClF2N4O/c14-11-4-3-9(6-18-11)7-20-5-1-2-10(21-13(15)16)12(20)19-8-17/h1-6,13H,7H2. The molecule has 2 aromatic heterocycles. The second-order valence-corrected chi connectivity index (χ2v) is 4.29. The molecule has 0 N–H and O–H groups in total. The Morgan fingerprint density at radius 1 is 1.43 bits per heavy atom. The van der Waals surface area contributed by atoms with Crippen LogP contribution in [-0.2, 0) is 6.54 Å². The van der Waals surface area contributed by atoms with Crippen LogP contribution >= 0.6 is 11.6 Å². The monoisotopic (exact) mass is 310 g/mol. The molecule has 0 aromatic carbocycles. The lowest BCUT2D eigenvalue weighted by Crippen LogP contribution is -2.24. The molecule has 0 fully saturated rings. The van der Waals surface area contributed by atoms with Crippen LogP contribution in [-0.4, -0.2) is 16.2 Å². The molecule has 0 aliphatic carbocycles. The molecule has 108 valence electrons. The van der Waals surface area contributed by atoms with Gasteiger partial charge in [-0.3, -0.25) is 0 Å². The Morgan fingerprint density at radius 2 is 2.24 bits per heavy atom. The molecular formula is C13H9ClF2N4O. The lowest BCUT2D eigenvalue weighted by molar-refractivity contribution is -0.0512. The van der Waals surface area contributed by atoms with E-state index < -0.39 is 6.61 Å². The minimum Gasteiger partial charge on any atom is -0.431 e. The van der Waals surface area contributed by atoms with E-state index in [-0.39, 0.29) is 17.8 Å². The molecule has 0 aliphatic rings. The molecule has 0 radical (unpaired) electrons. The minimum atomic E-state index is -2.99. The van der Waals surface area contributed by atoms with Crippen molar-refractivity contribution < 1.29 is 13.5 Å². The summed E-state index contributed by atoms with van der Waals surface area (Å²) in [6, 6.07) is 6.19. The van der Waals surface area contributed by atoms with E-state index >= 15 is 0 Å². The third kappa shape index (κ3) is 4.00. The van der Waals surface area contributed by atoms with Gasteiger partial charge in [0.15, 0.2) is 11.2 Å². The minimum absolute atomic E-state index is 0.00949. The van der Waals surface area contributed by atoms with Crippen LogP contribution in [0.3, 0.4) is 0 Å². The van der Waals surface area contributed by atoms with Gasteiger partial charge in [0.1, 0.15) is 5.15 Å². The number of hydrogen-bond donors (Lipinski definition) is 0. The molecule has 2 rings (SSSR count). The Bertz CT molecular complexity index is 722. The van der Waals surface area contributed by atoms with Gasteiger partial charge in [0.25, 0.3) is 0 Å². The molecule has 2 aromatic rings. The number of alkyl halides is 2. The first-order valence-corrected chi connectivity index (χ1v) is 6.15. The summed E-state index contributed by atoms with van der Waals surface area (Å²) >= 11 is 5.70. The normalized spacial score (nSPS) is 11.5. The molecule has 0 unspecified atom stereocenters. The highest BCUT2D eigenvalue weighted by atomic mass is 35.5. The fraction of sp³-hybridized carbons (Fsp3) is 0.154. The maximum Gasteiger partial charge on any atom is 0.387 e. The molecule has 5 nitrogen and oxygen atoms in total. The molecule has 0 atom stereocenters. The second kappa shape index (κ2) is 6.81. The van der Waals surface area contributed by atoms with Gasteiger partial charge in [-0.1, -0.05) is 17.7 Å². The summed E-state index contributed by atoms with van der Waals surface area (Å²) in [7, 11) is 0. The maximum atomic E-state index is 12.4. The summed E-state index contributed by atoms with van der Waals surface area (Å²) in [5.41, 5.74) is 0.781. The summed E-state index contributed by atoms with van der Waals surface area (Å²) in [5, 5.41) is 9.05. The molecule has 21 heavy (non-hydrogen) atoms. The summed E-state index contributed by atoms with van der Waals surface area (Å²) in [6.45, 7) is -2.71. The number of ether oxygens (including phenoxy) is 1. The van der Waals surface area contributed by atoms with Crippen LogP contribution < -0.4 is 10.2 Å². The lowest BCUT2D eigenvalue weighted by atomic mass is 10.3. The van der Waals surface area contributed by atoms with E-state index in [1.807, 2.05) is 0 Å². The number of aromatic nitrogens is 2. The summed E-state index contributed by atoms with van der Waals surface area (Å²) in [4.78, 5) is 7.46. The number of pyridine rings is 2. The van der Waals surface area contributed by atoms with E-state index in [2.05, 4.69) is 14.7 Å². The van der Waals surface area contributed by atoms with Gasteiger partial charge < -0.3 is 9.30 Å². The summed E-state index contributed by atoms with van der Waals surface area (Å²) < 4.78 is 30.6. The quantitative estimate of drug-likeness (QED) is 0.644. The van der Waals surface area contributed by atoms with Crippen molar-refractivity contribution in [2.24, 2.45) is 4.99 Å². The SMILES string of the molecule is N#CN=c1c(OC(F)F)cccn1Cc1ccc(Cl)nc1. The first-order valence-electron chi connectivity index (χ1n) is 5.77. The molecule has 0 saturated heterocycles. The number of hydrogen-bond acceptors (Lipinski definition) is 4. The first kappa shape index (κ1) is 14.9. The van der Waals surface area contributed by atoms with Crippen LogP contribution in [0.1, 0.15) is 5.56 Å². The van der Waals surface area contributed by atoms with Gasteiger partial charge in [0.2, 0.25) is 6.19 Å². The Kier molecular flexibility index (Phi) is 4.85. The molecule has 0 saturated carbocycles. The maximum absolute atomic E-state index is 12.4. The number of nitrogens with zero attached hydrogens (tertiary/aromatic N) is 4. The van der Waals surface area contributed by atoms with E-state index in [0.717, 1.165) is 5.56 Å². The largest absolute Gasteiger partial charge is 0.431 e. The predicted octanol–water partition coefficient (Wildman–Crippen LogP) is 2.57. The number of halogens is 3. The molecule has 0 aliphatic heterocycles. The fourth-order valence-electron chi connectivity index (χ4n) is 1.70. The van der Waals surface area contributed by atoms with Crippen molar-refractivity contribution in [1.29, 1.82) is 5.26 Å². The second-order valence-electron chi connectivity index (χ2n) is 3.90. The molecule has 0 amide bonds. The molecule has 2 heterocycles. The highest BCUT2D eigenvalue weighted by Gasteiger charge is 2.09. The first-order chi connectivity index (χ1) is 10.1. The van der Waals surface area contributed by atoms with Crippen LogP contribution in [0.2, 0.25) is 5.15 Å². The summed E-state index contributed by atoms with van der Waals surface area (Å²) in [6.07, 6.45) is 4.72. The van der Waals surface area contributed by atoms with Crippen LogP contribution in [0.4, 0.5) is 8.78 Å². The summed E-state index contributed by atoms with van der Waals surface area (Å²) in [5.74, 6) is -0.170. The van der Waals surface area contributed by atoms with Gasteiger partial charge in [-0.05, 0) is 23.8 Å². The van der Waals surface area contributed by atoms with E-state index in [9.17, 15) is 8.78 Å². The van der Waals surface area contributed by atoms with Crippen molar-refractivity contribution >= 4 is 11.6 Å². The lowest BCUT2D eigenvalue weighted by Gasteiger charge is -2.11. The Morgan fingerprint density at radius 3 is 2.86 bits per heavy atom. The van der Waals surface area contributed by atoms with Crippen LogP contribution in [0.5, 0.6) is 5.75 Å². The van der Waals surface area contributed by atoms with Crippen molar-refractivity contribution in [1.82, 2.24) is 9.55 Å². The van der Waals surface area contributed by atoms with Crippen molar-refractivity contribution in [3.8, 4) is 11.9 Å². The van der Waals surface area contributed by atoms with Crippen LogP contribution in [0.15, 0.2) is 41.7 Å². The predicted molar refractivity (Wildman–Crippen MR) is 70.6 cm³/mol. The van der Waals surface area contributed by atoms with E-state index in [1.165, 1.54) is 16.7 Å². The van der Waals surface area contributed by atoms with Crippen molar-refractivity contribution in [2.45, 2.75) is 13.2 Å². The topological polar surface area (TPSA) is 63.2 Å². The molecule has 0 spiro atoms. The number of nitriles is 1. The molecule has 0 bridgehead atoms. The van der Waals surface area contributed by atoms with E-state index in [4.69, 9.17) is 16.9 Å². The fourth-order valence-corrected chi connectivity index (χ4v) is 1.81. The van der Waals surface area contributed by atoms with Crippen LogP contribution in [0.25, 0.3) is 0 Å². The Balaban J connectivity index is 2.41.